The summed E-state index contributed by atoms with van der Waals surface area (Å²) in [6.07, 6.45) is 11.8. The van der Waals surface area contributed by atoms with Gasteiger partial charge in [-0.2, -0.15) is 0 Å². The molecule has 1 aromatic rings. The molecule has 35 heavy (non-hydrogen) atoms. The minimum atomic E-state index is -1.55. The largest absolute Gasteiger partial charge is 0.461 e. The molecule has 1 aromatic heterocycles. The predicted molar refractivity (Wildman–Crippen MR) is 130 cm³/mol. The number of nitrogens with zero attached hydrogens (tertiary/aromatic N) is 4. The number of ether oxygens (including phenoxy) is 2. The zero-order valence-corrected chi connectivity index (χ0v) is 19.8. The van der Waals surface area contributed by atoms with Gasteiger partial charge in [0.2, 0.25) is 0 Å². The number of hydrogen-bond donors (Lipinski definition) is 0. The molecule has 0 bridgehead atoms. The van der Waals surface area contributed by atoms with Crippen molar-refractivity contribution in [2.75, 3.05) is 44.4 Å². The number of carbonyl (C=O) groups excluding carboxylic acids is 1. The van der Waals surface area contributed by atoms with Gasteiger partial charge in [0.1, 0.15) is 11.6 Å². The molecule has 9 heteroatoms. The van der Waals surface area contributed by atoms with Gasteiger partial charge in [-0.15, -0.1) is 0 Å². The monoisotopic (exact) mass is 480 g/mol. The Kier molecular flexibility index (Phi) is 6.68. The standard InChI is InChI=1S/C26H29FN4O4/c1-2-34-25(32)26(21-6-3-7-22(27)10-9-21)31-12-4-5-20(24(31)29-35-26)17-19-8-11-23(28-18-19)30-13-15-33-16-14-30/h3,7-11,17-18H,2,4-6,12-16H2,1H3/b20-17+. The molecular formula is C26H29FN4O4. The second-order valence-electron chi connectivity index (χ2n) is 8.69. The van der Waals surface area contributed by atoms with Crippen molar-refractivity contribution in [1.82, 2.24) is 9.88 Å². The lowest BCUT2D eigenvalue weighted by Gasteiger charge is -2.38. The van der Waals surface area contributed by atoms with E-state index in [4.69, 9.17) is 14.3 Å². The normalized spacial score (nSPS) is 25.3. The van der Waals surface area contributed by atoms with Gasteiger partial charge < -0.3 is 24.1 Å². The first-order chi connectivity index (χ1) is 17.1. The molecule has 2 fully saturated rings. The zero-order valence-electron chi connectivity index (χ0n) is 19.8. The predicted octanol–water partition coefficient (Wildman–Crippen LogP) is 3.74. The van der Waals surface area contributed by atoms with Gasteiger partial charge in [0, 0.05) is 31.4 Å². The van der Waals surface area contributed by atoms with E-state index < -0.39 is 11.7 Å². The van der Waals surface area contributed by atoms with Crippen LogP contribution < -0.4 is 4.90 Å². The van der Waals surface area contributed by atoms with Gasteiger partial charge in [0.15, 0.2) is 5.84 Å². The topological polar surface area (TPSA) is 76.5 Å². The average molecular weight is 481 g/mol. The number of anilines is 1. The fourth-order valence-corrected chi connectivity index (χ4v) is 4.79. The molecule has 0 aromatic carbocycles. The highest BCUT2D eigenvalue weighted by atomic mass is 19.1. The van der Waals surface area contributed by atoms with Crippen LogP contribution in [0.3, 0.4) is 0 Å². The van der Waals surface area contributed by atoms with Gasteiger partial charge in [-0.1, -0.05) is 17.3 Å². The molecule has 1 aliphatic carbocycles. The highest BCUT2D eigenvalue weighted by molar-refractivity contribution is 6.06. The van der Waals surface area contributed by atoms with E-state index in [2.05, 4.69) is 15.0 Å². The molecular weight excluding hydrogens is 451 g/mol. The lowest BCUT2D eigenvalue weighted by molar-refractivity contribution is -0.178. The number of allylic oxidation sites excluding steroid dienone is 5. The van der Waals surface area contributed by atoms with Crippen molar-refractivity contribution in [3.8, 4) is 0 Å². The maximum Gasteiger partial charge on any atom is 0.379 e. The summed E-state index contributed by atoms with van der Waals surface area (Å²) in [6, 6.07) is 4.04. The molecule has 5 rings (SSSR count). The van der Waals surface area contributed by atoms with Crippen LogP contribution in [0.4, 0.5) is 10.2 Å². The van der Waals surface area contributed by atoms with Gasteiger partial charge in [-0.05, 0) is 67.7 Å². The van der Waals surface area contributed by atoms with E-state index in [1.165, 1.54) is 12.2 Å². The number of halogens is 1. The smallest absolute Gasteiger partial charge is 0.379 e. The van der Waals surface area contributed by atoms with Crippen molar-refractivity contribution < 1.29 is 23.5 Å². The van der Waals surface area contributed by atoms with Crippen LogP contribution in [0.2, 0.25) is 0 Å². The molecule has 0 N–H and O–H groups in total. The number of esters is 1. The van der Waals surface area contributed by atoms with Crippen LogP contribution >= 0.6 is 0 Å². The summed E-state index contributed by atoms with van der Waals surface area (Å²) in [7, 11) is 0. The number of hydrogen-bond acceptors (Lipinski definition) is 8. The van der Waals surface area contributed by atoms with E-state index in [-0.39, 0.29) is 12.4 Å². The Hall–Kier alpha value is -3.46. The van der Waals surface area contributed by atoms with Crippen LogP contribution in [0.5, 0.6) is 0 Å². The van der Waals surface area contributed by atoms with E-state index in [0.29, 0.717) is 37.6 Å². The number of carbonyl (C=O) groups is 1. The number of aromatic nitrogens is 1. The quantitative estimate of drug-likeness (QED) is 0.594. The van der Waals surface area contributed by atoms with Crippen molar-refractivity contribution >= 4 is 23.7 Å². The van der Waals surface area contributed by atoms with Crippen molar-refractivity contribution in [3.05, 3.63) is 65.2 Å². The maximum absolute atomic E-state index is 13.9. The third kappa shape index (κ3) is 4.48. The summed E-state index contributed by atoms with van der Waals surface area (Å²) in [5.41, 5.74) is 0.928. The Balaban J connectivity index is 1.43. The minimum Gasteiger partial charge on any atom is -0.461 e. The Morgan fingerprint density at radius 2 is 2.11 bits per heavy atom. The van der Waals surface area contributed by atoms with Gasteiger partial charge >= 0.3 is 11.7 Å². The Morgan fingerprint density at radius 3 is 2.89 bits per heavy atom. The molecule has 184 valence electrons. The van der Waals surface area contributed by atoms with Crippen molar-refractivity contribution in [2.45, 2.75) is 31.9 Å². The third-order valence-corrected chi connectivity index (χ3v) is 6.51. The van der Waals surface area contributed by atoms with E-state index in [1.807, 2.05) is 29.3 Å². The number of amidine groups is 1. The molecule has 0 radical (unpaired) electrons. The average Bonchev–Trinajstić information content (AvgIpc) is 3.15. The Labute approximate surface area is 204 Å². The van der Waals surface area contributed by atoms with Crippen LogP contribution in [0.15, 0.2) is 64.8 Å². The fraction of sp³-hybridized carbons (Fsp3) is 0.423. The van der Waals surface area contributed by atoms with Crippen molar-refractivity contribution in [1.29, 1.82) is 0 Å². The summed E-state index contributed by atoms with van der Waals surface area (Å²) in [5.74, 6) is 0.592. The number of morpholine rings is 1. The Bertz CT molecular complexity index is 1120. The number of piperidine rings is 1. The molecule has 0 amide bonds. The third-order valence-electron chi connectivity index (χ3n) is 6.51. The molecule has 1 unspecified atom stereocenters. The van der Waals surface area contributed by atoms with E-state index in [0.717, 1.165) is 42.9 Å². The number of oxime groups is 1. The summed E-state index contributed by atoms with van der Waals surface area (Å²) < 4.78 is 24.7. The van der Waals surface area contributed by atoms with Crippen LogP contribution in [0.25, 0.3) is 6.08 Å². The van der Waals surface area contributed by atoms with Crippen LogP contribution in [-0.4, -0.2) is 66.9 Å². The van der Waals surface area contributed by atoms with Crippen molar-refractivity contribution in [2.24, 2.45) is 5.16 Å². The first-order valence-electron chi connectivity index (χ1n) is 12.1. The summed E-state index contributed by atoms with van der Waals surface area (Å²) in [6.45, 7) is 5.59. The molecule has 4 aliphatic rings. The van der Waals surface area contributed by atoms with Crippen molar-refractivity contribution in [3.63, 3.8) is 0 Å². The van der Waals surface area contributed by atoms with Gasteiger partial charge in [0.25, 0.3) is 0 Å². The molecule has 3 aliphatic heterocycles. The number of pyridine rings is 1. The van der Waals surface area contributed by atoms with Crippen LogP contribution in [0.1, 0.15) is 31.7 Å². The maximum atomic E-state index is 13.9. The van der Waals surface area contributed by atoms with E-state index in [1.54, 1.807) is 19.1 Å². The van der Waals surface area contributed by atoms with Gasteiger partial charge in [0.05, 0.1) is 19.8 Å². The second kappa shape index (κ2) is 10.0. The highest BCUT2D eigenvalue weighted by Gasteiger charge is 2.57. The fourth-order valence-electron chi connectivity index (χ4n) is 4.79. The highest BCUT2D eigenvalue weighted by Crippen LogP contribution is 2.41. The lowest BCUT2D eigenvalue weighted by Crippen LogP contribution is -2.58. The van der Waals surface area contributed by atoms with E-state index >= 15 is 0 Å². The molecule has 0 spiro atoms. The second-order valence-corrected chi connectivity index (χ2v) is 8.69. The first kappa shape index (κ1) is 23.3. The van der Waals surface area contributed by atoms with Gasteiger partial charge in [-0.25, -0.2) is 14.2 Å². The van der Waals surface area contributed by atoms with E-state index in [9.17, 15) is 9.18 Å². The summed E-state index contributed by atoms with van der Waals surface area (Å²) in [5, 5.41) is 4.36. The molecule has 1 atom stereocenters. The van der Waals surface area contributed by atoms with Crippen LogP contribution in [-0.2, 0) is 19.1 Å². The SMILES string of the molecule is CCOC(=O)C1(C2=CC=C(F)C=CC2)ON=C2/C(=C/c3ccc(N4CCOCC4)nc3)CCCN21. The molecule has 0 saturated carbocycles. The summed E-state index contributed by atoms with van der Waals surface area (Å²) in [4.78, 5) is 27.9. The molecule has 2 saturated heterocycles. The summed E-state index contributed by atoms with van der Waals surface area (Å²) >= 11 is 0. The number of rotatable bonds is 5. The van der Waals surface area contributed by atoms with Crippen LogP contribution in [0, 0.1) is 0 Å². The lowest BCUT2D eigenvalue weighted by atomic mass is 9.92. The van der Waals surface area contributed by atoms with Gasteiger partial charge in [-0.3, -0.25) is 0 Å². The first-order valence-corrected chi connectivity index (χ1v) is 12.1. The number of fused-ring (bicyclic) bond motifs is 1. The zero-order chi connectivity index (χ0) is 24.3. The Morgan fingerprint density at radius 1 is 1.26 bits per heavy atom. The molecule has 4 heterocycles. The molecule has 8 nitrogen and oxygen atoms in total. The minimum absolute atomic E-state index is 0.199.